The molecule has 2 amide bonds. The van der Waals surface area contributed by atoms with Gasteiger partial charge in [-0.1, -0.05) is 24.3 Å². The lowest BCUT2D eigenvalue weighted by atomic mass is 9.96. The molecule has 9 heteroatoms. The van der Waals surface area contributed by atoms with Crippen molar-refractivity contribution >= 4 is 17.5 Å². The smallest absolute Gasteiger partial charge is 0.262 e. The van der Waals surface area contributed by atoms with Gasteiger partial charge in [-0.3, -0.25) is 9.59 Å². The average molecular weight is 548 g/mol. The fraction of sp³-hybridized carbons (Fsp3) is 0.323. The summed E-state index contributed by atoms with van der Waals surface area (Å²) in [7, 11) is 4.64. The Hall–Kier alpha value is -4.24. The van der Waals surface area contributed by atoms with Gasteiger partial charge in [0.1, 0.15) is 12.4 Å². The number of halogens is 1. The van der Waals surface area contributed by atoms with E-state index in [0.29, 0.717) is 17.9 Å². The summed E-state index contributed by atoms with van der Waals surface area (Å²) in [6.45, 7) is 4.19. The average Bonchev–Trinajstić information content (AvgIpc) is 3.41. The third-order valence-corrected chi connectivity index (χ3v) is 7.05. The molecule has 0 N–H and O–H groups in total. The third-order valence-electron chi connectivity index (χ3n) is 7.05. The molecule has 0 bridgehead atoms. The molecule has 1 aliphatic heterocycles. The number of hydrogen-bond donors (Lipinski definition) is 0. The van der Waals surface area contributed by atoms with Crippen LogP contribution < -0.4 is 9.47 Å². The second kappa shape index (κ2) is 12.7. The molecule has 3 aromatic carbocycles. The molecule has 1 atom stereocenters. The van der Waals surface area contributed by atoms with Crippen LogP contribution in [0.25, 0.3) is 0 Å². The molecule has 0 aliphatic carbocycles. The van der Waals surface area contributed by atoms with Crippen molar-refractivity contribution in [1.29, 1.82) is 0 Å². The Morgan fingerprint density at radius 3 is 2.42 bits per heavy atom. The number of aryl methyl sites for hydroxylation is 2. The van der Waals surface area contributed by atoms with Gasteiger partial charge in [0.15, 0.2) is 11.5 Å². The summed E-state index contributed by atoms with van der Waals surface area (Å²) in [5.41, 5.74) is 4.94. The Balaban J connectivity index is 1.69. The van der Waals surface area contributed by atoms with Gasteiger partial charge in [-0.25, -0.2) is 9.40 Å². The maximum Gasteiger partial charge on any atom is 0.262 e. The highest BCUT2D eigenvalue weighted by atomic mass is 19.1. The largest absolute Gasteiger partial charge is 0.493 e. The van der Waals surface area contributed by atoms with Crippen molar-refractivity contribution in [2.75, 3.05) is 41.0 Å². The Morgan fingerprint density at radius 1 is 0.975 bits per heavy atom. The first-order valence-corrected chi connectivity index (χ1v) is 13.0. The van der Waals surface area contributed by atoms with Crippen LogP contribution in [0.3, 0.4) is 0 Å². The first kappa shape index (κ1) is 28.8. The molecule has 1 unspecified atom stereocenters. The van der Waals surface area contributed by atoms with Gasteiger partial charge in [0.05, 0.1) is 32.6 Å². The molecule has 8 nitrogen and oxygen atoms in total. The minimum Gasteiger partial charge on any atom is -0.493 e. The van der Waals surface area contributed by atoms with E-state index in [2.05, 4.69) is 6.07 Å². The van der Waals surface area contributed by atoms with Gasteiger partial charge in [-0.2, -0.15) is 5.10 Å². The van der Waals surface area contributed by atoms with Gasteiger partial charge >= 0.3 is 0 Å². The van der Waals surface area contributed by atoms with Crippen molar-refractivity contribution in [1.82, 2.24) is 9.91 Å². The number of nitrogens with zero attached hydrogens (tertiary/aromatic N) is 3. The van der Waals surface area contributed by atoms with E-state index >= 15 is 0 Å². The van der Waals surface area contributed by atoms with E-state index in [9.17, 15) is 14.0 Å². The van der Waals surface area contributed by atoms with Crippen molar-refractivity contribution in [3.05, 3.63) is 94.3 Å². The van der Waals surface area contributed by atoms with E-state index in [1.807, 2.05) is 38.1 Å². The number of carbonyl (C=O) groups is 2. The molecule has 0 radical (unpaired) electrons. The lowest BCUT2D eigenvalue weighted by molar-refractivity contribution is -0.133. The summed E-state index contributed by atoms with van der Waals surface area (Å²) in [4.78, 5) is 28.5. The molecule has 40 heavy (non-hydrogen) atoms. The fourth-order valence-electron chi connectivity index (χ4n) is 4.65. The molecule has 1 heterocycles. The van der Waals surface area contributed by atoms with Gasteiger partial charge in [0, 0.05) is 25.6 Å². The number of amides is 2. The second-order valence-corrected chi connectivity index (χ2v) is 9.65. The summed E-state index contributed by atoms with van der Waals surface area (Å²) >= 11 is 0. The maximum absolute atomic E-state index is 13.9. The first-order valence-electron chi connectivity index (χ1n) is 13.0. The zero-order valence-corrected chi connectivity index (χ0v) is 23.4. The normalized spacial score (nSPS) is 14.6. The minimum absolute atomic E-state index is 0.153. The molecule has 210 valence electrons. The van der Waals surface area contributed by atoms with Crippen molar-refractivity contribution in [2.24, 2.45) is 5.10 Å². The van der Waals surface area contributed by atoms with E-state index in [1.165, 1.54) is 35.2 Å². The van der Waals surface area contributed by atoms with Gasteiger partial charge in [-0.05, 0) is 72.5 Å². The predicted octanol–water partition coefficient (Wildman–Crippen LogP) is 4.93. The number of hydrogen-bond acceptors (Lipinski definition) is 6. The monoisotopic (exact) mass is 547 g/mol. The molecular formula is C31H34FN3O5. The Kier molecular flexibility index (Phi) is 9.16. The van der Waals surface area contributed by atoms with Gasteiger partial charge < -0.3 is 19.1 Å². The molecule has 0 saturated heterocycles. The van der Waals surface area contributed by atoms with Crippen LogP contribution in [0.5, 0.6) is 11.5 Å². The van der Waals surface area contributed by atoms with Crippen LogP contribution in [-0.4, -0.2) is 68.5 Å². The Morgan fingerprint density at radius 2 is 1.75 bits per heavy atom. The van der Waals surface area contributed by atoms with Crippen LogP contribution in [0.1, 0.15) is 45.1 Å². The van der Waals surface area contributed by atoms with Crippen LogP contribution in [-0.2, 0) is 9.53 Å². The molecule has 0 saturated carbocycles. The number of rotatable bonds is 10. The highest BCUT2D eigenvalue weighted by molar-refractivity contribution is 6.04. The summed E-state index contributed by atoms with van der Waals surface area (Å²) in [6, 6.07) is 16.6. The van der Waals surface area contributed by atoms with Crippen molar-refractivity contribution in [2.45, 2.75) is 26.3 Å². The second-order valence-electron chi connectivity index (χ2n) is 9.65. The van der Waals surface area contributed by atoms with Crippen LogP contribution in [0.2, 0.25) is 0 Å². The van der Waals surface area contributed by atoms with Gasteiger partial charge in [0.25, 0.3) is 11.8 Å². The van der Waals surface area contributed by atoms with Gasteiger partial charge in [-0.15, -0.1) is 0 Å². The molecule has 0 fully saturated rings. The van der Waals surface area contributed by atoms with Crippen LogP contribution >= 0.6 is 0 Å². The SMILES string of the molecule is COCCN(CC(=O)N1N=C(c2ccc(C)c(C)c2)CC1c1ccc(OC)c(OC)c1)C(=O)c1cccc(F)c1. The molecule has 1 aliphatic rings. The Bertz CT molecular complexity index is 1420. The molecule has 0 spiro atoms. The molecule has 4 rings (SSSR count). The lowest BCUT2D eigenvalue weighted by Gasteiger charge is -2.27. The zero-order chi connectivity index (χ0) is 28.8. The van der Waals surface area contributed by atoms with Crippen LogP contribution in [0.4, 0.5) is 4.39 Å². The highest BCUT2D eigenvalue weighted by Crippen LogP contribution is 2.37. The number of ether oxygens (including phenoxy) is 3. The summed E-state index contributed by atoms with van der Waals surface area (Å²) in [6.07, 6.45) is 0.472. The van der Waals surface area contributed by atoms with Crippen molar-refractivity contribution in [3.8, 4) is 11.5 Å². The molecule has 0 aromatic heterocycles. The van der Waals surface area contributed by atoms with E-state index in [-0.39, 0.29) is 31.2 Å². The zero-order valence-electron chi connectivity index (χ0n) is 23.4. The topological polar surface area (TPSA) is 80.7 Å². The number of hydrazone groups is 1. The molecular weight excluding hydrogens is 513 g/mol. The Labute approximate surface area is 233 Å². The number of methoxy groups -OCH3 is 3. The summed E-state index contributed by atoms with van der Waals surface area (Å²) < 4.78 is 29.9. The maximum atomic E-state index is 13.9. The predicted molar refractivity (Wildman–Crippen MR) is 150 cm³/mol. The molecule has 3 aromatic rings. The first-order chi connectivity index (χ1) is 19.2. The van der Waals surface area contributed by atoms with Crippen LogP contribution in [0.15, 0.2) is 65.8 Å². The fourth-order valence-corrected chi connectivity index (χ4v) is 4.65. The van der Waals surface area contributed by atoms with E-state index < -0.39 is 17.8 Å². The van der Waals surface area contributed by atoms with Gasteiger partial charge in [0.2, 0.25) is 0 Å². The van der Waals surface area contributed by atoms with Crippen molar-refractivity contribution in [3.63, 3.8) is 0 Å². The van der Waals surface area contributed by atoms with E-state index in [0.717, 1.165) is 34.0 Å². The quantitative estimate of drug-likeness (QED) is 0.360. The number of benzene rings is 3. The van der Waals surface area contributed by atoms with Crippen molar-refractivity contribution < 1.29 is 28.2 Å². The van der Waals surface area contributed by atoms with Crippen LogP contribution in [0, 0.1) is 19.7 Å². The standard InChI is InChI=1S/C31H34FN3O5/c1-20-9-10-22(15-21(20)2)26-18-27(23-11-12-28(39-4)29(17-23)40-5)35(33-26)30(36)19-34(13-14-38-3)31(37)24-7-6-8-25(32)16-24/h6-12,15-17,27H,13-14,18-19H2,1-5H3. The number of carbonyl (C=O) groups excluding carboxylic acids is 2. The van der Waals surface area contributed by atoms with E-state index in [1.54, 1.807) is 20.3 Å². The van der Waals surface area contributed by atoms with E-state index in [4.69, 9.17) is 19.3 Å². The third kappa shape index (κ3) is 6.31. The summed E-state index contributed by atoms with van der Waals surface area (Å²) in [5.74, 6) is -0.261. The summed E-state index contributed by atoms with van der Waals surface area (Å²) in [5, 5.41) is 6.20. The highest BCUT2D eigenvalue weighted by Gasteiger charge is 2.35. The lowest BCUT2D eigenvalue weighted by Crippen LogP contribution is -2.42. The minimum atomic E-state index is -0.528.